The second-order valence-corrected chi connectivity index (χ2v) is 7.19. The van der Waals surface area contributed by atoms with Gasteiger partial charge in [-0.2, -0.15) is 5.26 Å². The molecule has 2 aromatic rings. The first-order chi connectivity index (χ1) is 12.8. The second-order valence-electron chi connectivity index (χ2n) is 7.19. The Labute approximate surface area is 159 Å². The van der Waals surface area contributed by atoms with E-state index >= 15 is 0 Å². The summed E-state index contributed by atoms with van der Waals surface area (Å²) in [4.78, 5) is 24.7. The first-order valence-electron chi connectivity index (χ1n) is 9.05. The maximum Gasteiger partial charge on any atom is 0.308 e. The topological polar surface area (TPSA) is 76.4 Å². The van der Waals surface area contributed by atoms with Crippen LogP contribution in [-0.4, -0.2) is 24.1 Å². The number of hydrogen-bond acceptors (Lipinski definition) is 5. The molecular formula is C22H25NO4. The summed E-state index contributed by atoms with van der Waals surface area (Å²) in [6.07, 6.45) is -1.03. The molecule has 0 N–H and O–H groups in total. The second kappa shape index (κ2) is 8.68. The first kappa shape index (κ1) is 20.4. The van der Waals surface area contributed by atoms with E-state index in [1.54, 1.807) is 33.8 Å². The molecule has 2 rings (SSSR count). The molecule has 0 aliphatic carbocycles. The van der Waals surface area contributed by atoms with Crippen LogP contribution in [0.1, 0.15) is 46.1 Å². The van der Waals surface area contributed by atoms with Gasteiger partial charge in [-0.25, -0.2) is 0 Å². The summed E-state index contributed by atoms with van der Waals surface area (Å²) < 4.78 is 10.5. The Morgan fingerprint density at radius 1 is 0.926 bits per heavy atom. The Balaban J connectivity index is 2.46. The lowest BCUT2D eigenvalue weighted by Crippen LogP contribution is -2.33. The van der Waals surface area contributed by atoms with Crippen molar-refractivity contribution in [2.45, 2.75) is 58.2 Å². The number of rotatable bonds is 7. The van der Waals surface area contributed by atoms with Crippen molar-refractivity contribution in [2.75, 3.05) is 0 Å². The number of nitrogens with zero attached hydrogens (tertiary/aromatic N) is 1. The molecule has 27 heavy (non-hydrogen) atoms. The van der Waals surface area contributed by atoms with Crippen molar-refractivity contribution in [3.63, 3.8) is 0 Å². The van der Waals surface area contributed by atoms with E-state index < -0.39 is 17.4 Å². The van der Waals surface area contributed by atoms with Gasteiger partial charge in [-0.1, -0.05) is 36.4 Å². The van der Waals surface area contributed by atoms with Crippen molar-refractivity contribution >= 4 is 22.7 Å². The van der Waals surface area contributed by atoms with Crippen molar-refractivity contribution in [3.05, 3.63) is 48.0 Å². The lowest BCUT2D eigenvalue weighted by molar-refractivity contribution is -0.151. The van der Waals surface area contributed by atoms with Gasteiger partial charge in [-0.15, -0.1) is 0 Å². The van der Waals surface area contributed by atoms with Gasteiger partial charge in [0.15, 0.2) is 0 Å². The lowest BCUT2D eigenvalue weighted by Gasteiger charge is -2.26. The number of hydrogen-bond donors (Lipinski definition) is 0. The molecule has 0 saturated heterocycles. The molecule has 0 atom stereocenters. The van der Waals surface area contributed by atoms with Crippen LogP contribution in [-0.2, 0) is 24.5 Å². The molecule has 5 heteroatoms. The normalized spacial score (nSPS) is 11.4. The van der Waals surface area contributed by atoms with Gasteiger partial charge in [0.25, 0.3) is 0 Å². The highest BCUT2D eigenvalue weighted by molar-refractivity contribution is 5.85. The molecule has 0 saturated carbocycles. The van der Waals surface area contributed by atoms with Crippen molar-refractivity contribution in [1.82, 2.24) is 0 Å². The third-order valence-electron chi connectivity index (χ3n) is 4.14. The molecule has 0 radical (unpaired) electrons. The van der Waals surface area contributed by atoms with Gasteiger partial charge in [-0.05, 0) is 50.1 Å². The lowest BCUT2D eigenvalue weighted by atomic mass is 9.75. The summed E-state index contributed by atoms with van der Waals surface area (Å²) in [6.45, 7) is 6.98. The molecule has 2 aromatic carbocycles. The summed E-state index contributed by atoms with van der Waals surface area (Å²) in [5.41, 5.74) is -0.743. The zero-order valence-electron chi connectivity index (χ0n) is 16.2. The van der Waals surface area contributed by atoms with Crippen LogP contribution >= 0.6 is 0 Å². The van der Waals surface area contributed by atoms with Gasteiger partial charge in [0.1, 0.15) is 5.41 Å². The van der Waals surface area contributed by atoms with Crippen molar-refractivity contribution in [3.8, 4) is 6.07 Å². The van der Waals surface area contributed by atoms with Crippen molar-refractivity contribution in [1.29, 1.82) is 5.26 Å². The van der Waals surface area contributed by atoms with Crippen LogP contribution in [0.15, 0.2) is 42.5 Å². The number of benzene rings is 2. The molecule has 5 nitrogen and oxygen atoms in total. The summed E-state index contributed by atoms with van der Waals surface area (Å²) in [5, 5.41) is 12.0. The minimum Gasteiger partial charge on any atom is -0.463 e. The number of esters is 2. The number of carbonyl (C=O) groups excluding carboxylic acids is 2. The summed E-state index contributed by atoms with van der Waals surface area (Å²) in [7, 11) is 0. The van der Waals surface area contributed by atoms with E-state index in [0.29, 0.717) is 5.56 Å². The highest BCUT2D eigenvalue weighted by Gasteiger charge is 2.39. The Hall–Kier alpha value is -2.87. The fourth-order valence-electron chi connectivity index (χ4n) is 3.00. The molecule has 0 heterocycles. The van der Waals surface area contributed by atoms with E-state index in [1.807, 2.05) is 36.4 Å². The summed E-state index contributed by atoms with van der Waals surface area (Å²) in [6, 6.07) is 15.5. The predicted octanol–water partition coefficient (Wildman–Crippen LogP) is 4.28. The Morgan fingerprint density at radius 3 is 1.93 bits per heavy atom. The zero-order chi connectivity index (χ0) is 20.0. The zero-order valence-corrected chi connectivity index (χ0v) is 16.2. The average molecular weight is 367 g/mol. The maximum absolute atomic E-state index is 12.3. The summed E-state index contributed by atoms with van der Waals surface area (Å²) in [5.74, 6) is -1.03. The van der Waals surface area contributed by atoms with Gasteiger partial charge in [0.2, 0.25) is 0 Å². The number of ether oxygens (including phenoxy) is 2. The molecule has 0 bridgehead atoms. The van der Waals surface area contributed by atoms with E-state index in [9.17, 15) is 14.9 Å². The van der Waals surface area contributed by atoms with E-state index in [2.05, 4.69) is 6.07 Å². The van der Waals surface area contributed by atoms with Crippen LogP contribution in [0.2, 0.25) is 0 Å². The molecule has 0 unspecified atom stereocenters. The molecule has 0 amide bonds. The fraction of sp³-hybridized carbons (Fsp3) is 0.409. The van der Waals surface area contributed by atoms with Crippen LogP contribution in [0.5, 0.6) is 0 Å². The molecule has 142 valence electrons. The van der Waals surface area contributed by atoms with E-state index in [0.717, 1.165) is 10.8 Å². The SMILES string of the molecule is CC(C)OC(=O)CC(C#N)(CC(=O)OC(C)C)c1ccc2ccccc2c1. The molecule has 0 spiro atoms. The Morgan fingerprint density at radius 2 is 1.44 bits per heavy atom. The van der Waals surface area contributed by atoms with Gasteiger partial charge in [0.05, 0.1) is 31.1 Å². The van der Waals surface area contributed by atoms with Gasteiger partial charge in [0, 0.05) is 0 Å². The van der Waals surface area contributed by atoms with Crippen LogP contribution in [0.4, 0.5) is 0 Å². The number of nitriles is 1. The van der Waals surface area contributed by atoms with E-state index in [4.69, 9.17) is 9.47 Å². The van der Waals surface area contributed by atoms with E-state index in [-0.39, 0.29) is 25.0 Å². The maximum atomic E-state index is 12.3. The largest absolute Gasteiger partial charge is 0.463 e. The molecule has 0 aliphatic rings. The third-order valence-corrected chi connectivity index (χ3v) is 4.14. The molecular weight excluding hydrogens is 342 g/mol. The smallest absolute Gasteiger partial charge is 0.308 e. The van der Waals surface area contributed by atoms with Crippen molar-refractivity contribution in [2.24, 2.45) is 0 Å². The Kier molecular flexibility index (Phi) is 6.57. The van der Waals surface area contributed by atoms with Crippen LogP contribution in [0.25, 0.3) is 10.8 Å². The van der Waals surface area contributed by atoms with E-state index in [1.165, 1.54) is 0 Å². The monoisotopic (exact) mass is 367 g/mol. The molecule has 0 aromatic heterocycles. The summed E-state index contributed by atoms with van der Waals surface area (Å²) >= 11 is 0. The first-order valence-corrected chi connectivity index (χ1v) is 9.05. The molecule has 0 fully saturated rings. The highest BCUT2D eigenvalue weighted by atomic mass is 16.5. The molecule has 0 aliphatic heterocycles. The average Bonchev–Trinajstić information content (AvgIpc) is 2.59. The fourth-order valence-corrected chi connectivity index (χ4v) is 3.00. The van der Waals surface area contributed by atoms with Crippen LogP contribution in [0, 0.1) is 11.3 Å². The van der Waals surface area contributed by atoms with Crippen LogP contribution < -0.4 is 0 Å². The standard InChI is InChI=1S/C22H25NO4/c1-15(2)26-20(24)12-22(14-23,13-21(25)27-16(3)4)19-10-9-17-7-5-6-8-18(17)11-19/h5-11,15-16H,12-13H2,1-4H3. The predicted molar refractivity (Wildman–Crippen MR) is 103 cm³/mol. The van der Waals surface area contributed by atoms with Crippen LogP contribution in [0.3, 0.4) is 0 Å². The highest BCUT2D eigenvalue weighted by Crippen LogP contribution is 2.34. The third kappa shape index (κ3) is 5.30. The van der Waals surface area contributed by atoms with Gasteiger partial charge < -0.3 is 9.47 Å². The number of carbonyl (C=O) groups is 2. The van der Waals surface area contributed by atoms with Gasteiger partial charge in [-0.3, -0.25) is 9.59 Å². The number of fused-ring (bicyclic) bond motifs is 1. The minimum absolute atomic E-state index is 0.215. The Bertz CT molecular complexity index is 840. The van der Waals surface area contributed by atoms with Gasteiger partial charge >= 0.3 is 11.9 Å². The quantitative estimate of drug-likeness (QED) is 0.683. The minimum atomic E-state index is -1.35. The van der Waals surface area contributed by atoms with Crippen molar-refractivity contribution < 1.29 is 19.1 Å².